The third-order valence-corrected chi connectivity index (χ3v) is 4.36. The molecule has 1 unspecified atom stereocenters. The summed E-state index contributed by atoms with van der Waals surface area (Å²) in [6.07, 6.45) is 0. The van der Waals surface area contributed by atoms with Crippen molar-refractivity contribution < 1.29 is 9.32 Å². The fourth-order valence-corrected chi connectivity index (χ4v) is 2.79. The summed E-state index contributed by atoms with van der Waals surface area (Å²) in [4.78, 5) is 17.4. The van der Waals surface area contributed by atoms with Gasteiger partial charge in [-0.05, 0) is 43.5 Å². The van der Waals surface area contributed by atoms with E-state index in [1.54, 1.807) is 25.1 Å². The van der Waals surface area contributed by atoms with Crippen LogP contribution in [0.2, 0.25) is 0 Å². The molecule has 0 aliphatic heterocycles. The molecule has 0 spiro atoms. The van der Waals surface area contributed by atoms with Crippen LogP contribution in [0.5, 0.6) is 0 Å². The van der Waals surface area contributed by atoms with Crippen LogP contribution in [0, 0.1) is 18.3 Å². The molecule has 0 aliphatic rings. The number of rotatable bonds is 4. The molecule has 1 amide bonds. The largest absolute Gasteiger partial charge is 0.345 e. The minimum Gasteiger partial charge on any atom is -0.345 e. The Morgan fingerprint density at radius 1 is 1.23 bits per heavy atom. The Bertz CT molecular complexity index is 997. The quantitative estimate of drug-likeness (QED) is 0.769. The van der Waals surface area contributed by atoms with Gasteiger partial charge < -0.3 is 9.84 Å². The number of hydrogen-bond acceptors (Lipinski definition) is 5. The summed E-state index contributed by atoms with van der Waals surface area (Å²) < 4.78 is 5.27. The number of pyridine rings is 1. The van der Waals surface area contributed by atoms with Crippen LogP contribution in [-0.4, -0.2) is 16.0 Å². The van der Waals surface area contributed by atoms with Gasteiger partial charge in [-0.25, -0.2) is 4.98 Å². The molecule has 1 atom stereocenters. The molecule has 0 saturated heterocycles. The van der Waals surface area contributed by atoms with E-state index in [2.05, 4.69) is 21.5 Å². The van der Waals surface area contributed by atoms with Crippen LogP contribution in [0.3, 0.4) is 0 Å². The highest BCUT2D eigenvalue weighted by Crippen LogP contribution is 2.25. The molecule has 6 nitrogen and oxygen atoms in total. The van der Waals surface area contributed by atoms with E-state index < -0.39 is 0 Å². The normalized spacial score (nSPS) is 12.2. The molecule has 1 N–H and O–H groups in total. The summed E-state index contributed by atoms with van der Waals surface area (Å²) in [6, 6.07) is 10.9. The van der Waals surface area contributed by atoms with Crippen molar-refractivity contribution >= 4 is 17.0 Å². The fraction of sp³-hybridized carbons (Fsp3) is 0.300. The Hall–Kier alpha value is -3.20. The van der Waals surface area contributed by atoms with Gasteiger partial charge >= 0.3 is 0 Å². The first-order valence-corrected chi connectivity index (χ1v) is 8.48. The van der Waals surface area contributed by atoms with E-state index in [4.69, 9.17) is 9.78 Å². The molecule has 132 valence electrons. The molecule has 6 heteroatoms. The standard InChI is InChI=1S/C20H20N4O2/c1-11(2)17-9-16(18-13(4)24-26-20(18)23-17)19(25)22-12(3)15-7-5-14(10-21)6-8-15/h5-9,11-12H,1-4H3,(H,22,25). The lowest BCUT2D eigenvalue weighted by atomic mass is 10.0. The lowest BCUT2D eigenvalue weighted by Crippen LogP contribution is -2.27. The monoisotopic (exact) mass is 348 g/mol. The topological polar surface area (TPSA) is 91.8 Å². The number of hydrogen-bond donors (Lipinski definition) is 1. The zero-order chi connectivity index (χ0) is 18.8. The number of nitrogens with zero attached hydrogens (tertiary/aromatic N) is 3. The SMILES string of the molecule is Cc1noc2nc(C(C)C)cc(C(=O)NC(C)c3ccc(C#N)cc3)c12. The van der Waals surface area contributed by atoms with Crippen molar-refractivity contribution in [1.29, 1.82) is 5.26 Å². The van der Waals surface area contributed by atoms with E-state index in [-0.39, 0.29) is 17.9 Å². The Balaban J connectivity index is 1.93. The van der Waals surface area contributed by atoms with Crippen molar-refractivity contribution in [1.82, 2.24) is 15.5 Å². The number of nitriles is 1. The smallest absolute Gasteiger partial charge is 0.259 e. The highest BCUT2D eigenvalue weighted by atomic mass is 16.5. The van der Waals surface area contributed by atoms with Gasteiger partial charge in [0.15, 0.2) is 0 Å². The van der Waals surface area contributed by atoms with Crippen LogP contribution in [0.1, 0.15) is 65.6 Å². The summed E-state index contributed by atoms with van der Waals surface area (Å²) in [6.45, 7) is 7.72. The maximum atomic E-state index is 12.9. The van der Waals surface area contributed by atoms with Crippen LogP contribution in [-0.2, 0) is 0 Å². The number of carbonyl (C=O) groups is 1. The van der Waals surface area contributed by atoms with Gasteiger partial charge in [0.05, 0.1) is 34.3 Å². The van der Waals surface area contributed by atoms with Crippen LogP contribution >= 0.6 is 0 Å². The molecule has 26 heavy (non-hydrogen) atoms. The zero-order valence-electron chi connectivity index (χ0n) is 15.2. The van der Waals surface area contributed by atoms with Gasteiger partial charge in [-0.2, -0.15) is 5.26 Å². The van der Waals surface area contributed by atoms with Gasteiger partial charge in [-0.3, -0.25) is 4.79 Å². The zero-order valence-corrected chi connectivity index (χ0v) is 15.2. The van der Waals surface area contributed by atoms with Crippen LogP contribution in [0.4, 0.5) is 0 Å². The van der Waals surface area contributed by atoms with Gasteiger partial charge in [0, 0.05) is 5.69 Å². The molecule has 1 aromatic carbocycles. The first kappa shape index (κ1) is 17.6. The number of aryl methyl sites for hydroxylation is 1. The Labute approximate surface area is 151 Å². The second-order valence-corrected chi connectivity index (χ2v) is 6.63. The lowest BCUT2D eigenvalue weighted by Gasteiger charge is -2.15. The van der Waals surface area contributed by atoms with Crippen molar-refractivity contribution in [2.45, 2.75) is 39.7 Å². The van der Waals surface area contributed by atoms with E-state index in [1.165, 1.54) is 0 Å². The Morgan fingerprint density at radius 3 is 2.54 bits per heavy atom. The minimum atomic E-state index is -0.207. The van der Waals surface area contributed by atoms with Crippen LogP contribution in [0.25, 0.3) is 11.1 Å². The predicted molar refractivity (Wildman–Crippen MR) is 97.7 cm³/mol. The average molecular weight is 348 g/mol. The first-order valence-electron chi connectivity index (χ1n) is 8.48. The van der Waals surface area contributed by atoms with Crippen molar-refractivity contribution in [3.63, 3.8) is 0 Å². The van der Waals surface area contributed by atoms with Gasteiger partial charge in [0.25, 0.3) is 11.6 Å². The molecular weight excluding hydrogens is 328 g/mol. The maximum absolute atomic E-state index is 12.9. The summed E-state index contributed by atoms with van der Waals surface area (Å²) in [5.41, 5.74) is 3.82. The highest BCUT2D eigenvalue weighted by molar-refractivity contribution is 6.06. The van der Waals surface area contributed by atoms with E-state index in [0.717, 1.165) is 11.3 Å². The second kappa shape index (κ2) is 6.96. The molecule has 0 aliphatic carbocycles. The summed E-state index contributed by atoms with van der Waals surface area (Å²) in [7, 11) is 0. The molecule has 3 aromatic rings. The third-order valence-electron chi connectivity index (χ3n) is 4.36. The molecule has 3 rings (SSSR count). The van der Waals surface area contributed by atoms with E-state index in [1.807, 2.05) is 32.9 Å². The predicted octanol–water partition coefficient (Wildman–Crippen LogP) is 4.02. The molecule has 2 heterocycles. The lowest BCUT2D eigenvalue weighted by molar-refractivity contribution is 0.0941. The number of benzene rings is 1. The van der Waals surface area contributed by atoms with Crippen molar-refractivity contribution in [3.8, 4) is 6.07 Å². The third kappa shape index (κ3) is 3.29. The van der Waals surface area contributed by atoms with Crippen LogP contribution in [0.15, 0.2) is 34.9 Å². The Morgan fingerprint density at radius 2 is 1.92 bits per heavy atom. The molecule has 0 radical (unpaired) electrons. The average Bonchev–Trinajstić information content (AvgIpc) is 3.02. The van der Waals surface area contributed by atoms with Crippen LogP contribution < -0.4 is 5.32 Å². The van der Waals surface area contributed by atoms with Gasteiger partial charge in [-0.15, -0.1) is 0 Å². The van der Waals surface area contributed by atoms with E-state index in [9.17, 15) is 4.79 Å². The van der Waals surface area contributed by atoms with E-state index in [0.29, 0.717) is 27.9 Å². The molecule has 0 fully saturated rings. The molecule has 0 bridgehead atoms. The number of carbonyl (C=O) groups excluding carboxylic acids is 1. The number of nitrogens with one attached hydrogen (secondary N) is 1. The number of fused-ring (bicyclic) bond motifs is 1. The Kier molecular flexibility index (Phi) is 4.72. The van der Waals surface area contributed by atoms with Gasteiger partial charge in [-0.1, -0.05) is 31.1 Å². The fourth-order valence-electron chi connectivity index (χ4n) is 2.79. The number of aromatic nitrogens is 2. The molecule has 0 saturated carbocycles. The summed E-state index contributed by atoms with van der Waals surface area (Å²) in [5, 5.41) is 16.5. The first-order chi connectivity index (χ1) is 12.4. The highest BCUT2D eigenvalue weighted by Gasteiger charge is 2.21. The number of amides is 1. The van der Waals surface area contributed by atoms with Gasteiger partial charge in [0.1, 0.15) is 0 Å². The van der Waals surface area contributed by atoms with Crippen molar-refractivity contribution in [2.75, 3.05) is 0 Å². The van der Waals surface area contributed by atoms with E-state index >= 15 is 0 Å². The minimum absolute atomic E-state index is 0.160. The second-order valence-electron chi connectivity index (χ2n) is 6.63. The summed E-state index contributed by atoms with van der Waals surface area (Å²) >= 11 is 0. The summed E-state index contributed by atoms with van der Waals surface area (Å²) in [5.74, 6) is -0.0465. The van der Waals surface area contributed by atoms with Crippen molar-refractivity contribution in [2.24, 2.45) is 0 Å². The van der Waals surface area contributed by atoms with Gasteiger partial charge in [0.2, 0.25) is 0 Å². The van der Waals surface area contributed by atoms with Crippen molar-refractivity contribution in [3.05, 3.63) is 58.4 Å². The maximum Gasteiger partial charge on any atom is 0.259 e. The molecule has 2 aromatic heterocycles. The molecular formula is C20H20N4O2.